The van der Waals surface area contributed by atoms with Gasteiger partial charge in [0.15, 0.2) is 11.0 Å². The smallest absolute Gasteiger partial charge is 0.225 e. The summed E-state index contributed by atoms with van der Waals surface area (Å²) >= 11 is 8.99. The third-order valence-electron chi connectivity index (χ3n) is 3.70. The van der Waals surface area contributed by atoms with Gasteiger partial charge < -0.3 is 4.74 Å². The molecule has 0 aliphatic heterocycles. The van der Waals surface area contributed by atoms with Crippen LogP contribution < -0.4 is 9.64 Å². The number of carbonyl (C=O) groups excluding carboxylic acids is 1. The average molecular weight is 424 g/mol. The summed E-state index contributed by atoms with van der Waals surface area (Å²) < 4.78 is 5.35. The van der Waals surface area contributed by atoms with Crippen molar-refractivity contribution in [2.45, 2.75) is 24.8 Å². The van der Waals surface area contributed by atoms with Crippen LogP contribution in [-0.2, 0) is 10.5 Å². The summed E-state index contributed by atoms with van der Waals surface area (Å²) in [5.41, 5.74) is 1.63. The van der Waals surface area contributed by atoms with Crippen molar-refractivity contribution in [2.24, 2.45) is 0 Å². The van der Waals surface area contributed by atoms with Gasteiger partial charge in [-0.05, 0) is 25.1 Å². The number of aromatic nitrogens is 4. The predicted octanol–water partition coefficient (Wildman–Crippen LogP) is 4.26. The van der Waals surface area contributed by atoms with E-state index in [2.05, 4.69) is 20.2 Å². The fourth-order valence-corrected chi connectivity index (χ4v) is 4.32. The van der Waals surface area contributed by atoms with Crippen LogP contribution >= 0.6 is 34.7 Å². The second kappa shape index (κ2) is 8.73. The zero-order chi connectivity index (χ0) is 19.4. The highest BCUT2D eigenvalue weighted by molar-refractivity contribution is 7.98. The third-order valence-corrected chi connectivity index (χ3v) is 5.73. The number of amides is 1. The Bertz CT molecular complexity index is 943. The van der Waals surface area contributed by atoms with E-state index in [0.29, 0.717) is 39.2 Å². The van der Waals surface area contributed by atoms with Crippen LogP contribution in [0.15, 0.2) is 28.7 Å². The van der Waals surface area contributed by atoms with Gasteiger partial charge in [-0.25, -0.2) is 9.97 Å². The number of hydrogen-bond acceptors (Lipinski definition) is 7. The number of H-pyrrole nitrogens is 1. The lowest BCUT2D eigenvalue weighted by Crippen LogP contribution is -2.27. The van der Waals surface area contributed by atoms with Crippen LogP contribution in [0.3, 0.4) is 0 Å². The number of halogens is 1. The number of methoxy groups -OCH3 is 1. The van der Waals surface area contributed by atoms with Crippen molar-refractivity contribution < 1.29 is 9.53 Å². The number of thioether (sulfide) groups is 1. The van der Waals surface area contributed by atoms with Crippen LogP contribution in [0.5, 0.6) is 5.75 Å². The number of aromatic amines is 1. The minimum Gasteiger partial charge on any atom is -0.496 e. The molecule has 142 valence electrons. The molecule has 27 heavy (non-hydrogen) atoms. The number of benzene rings is 1. The molecule has 7 nitrogen and oxygen atoms in total. The molecule has 0 radical (unpaired) electrons. The van der Waals surface area contributed by atoms with E-state index in [9.17, 15) is 4.79 Å². The number of carbonyl (C=O) groups is 1. The average Bonchev–Trinajstić information content (AvgIpc) is 3.30. The molecule has 0 bridgehead atoms. The number of nitrogens with zero attached hydrogens (tertiary/aromatic N) is 4. The first-order chi connectivity index (χ1) is 13.0. The molecule has 1 aromatic carbocycles. The van der Waals surface area contributed by atoms with E-state index in [1.54, 1.807) is 37.1 Å². The van der Waals surface area contributed by atoms with Crippen LogP contribution in [0.25, 0.3) is 11.4 Å². The number of anilines is 1. The van der Waals surface area contributed by atoms with Gasteiger partial charge in [-0.2, -0.15) is 0 Å². The van der Waals surface area contributed by atoms with Crippen LogP contribution in [0.1, 0.15) is 19.5 Å². The van der Waals surface area contributed by atoms with Gasteiger partial charge in [0.05, 0.1) is 18.4 Å². The Labute approximate surface area is 170 Å². The lowest BCUT2D eigenvalue weighted by molar-refractivity contribution is -0.116. The maximum atomic E-state index is 11.6. The summed E-state index contributed by atoms with van der Waals surface area (Å²) in [6, 6.07) is 5.33. The molecular formula is C17H18ClN5O2S2. The van der Waals surface area contributed by atoms with Gasteiger partial charge >= 0.3 is 0 Å². The SMILES string of the molecule is CCN(C(C)=O)c1nc(CSc2n[nH]c(-c3cc(Cl)ccc3OC)n2)cs1. The van der Waals surface area contributed by atoms with Gasteiger partial charge in [0.2, 0.25) is 11.1 Å². The van der Waals surface area contributed by atoms with Gasteiger partial charge in [0.25, 0.3) is 0 Å². The molecule has 0 fully saturated rings. The zero-order valence-corrected chi connectivity index (χ0v) is 17.4. The molecule has 0 saturated heterocycles. The van der Waals surface area contributed by atoms with E-state index in [4.69, 9.17) is 16.3 Å². The fourth-order valence-electron chi connectivity index (χ4n) is 2.41. The Morgan fingerprint density at radius 3 is 2.93 bits per heavy atom. The van der Waals surface area contributed by atoms with Crippen molar-refractivity contribution in [1.29, 1.82) is 0 Å². The minimum absolute atomic E-state index is 0.0138. The highest BCUT2D eigenvalue weighted by atomic mass is 35.5. The Morgan fingerprint density at radius 2 is 2.22 bits per heavy atom. The number of nitrogens with one attached hydrogen (secondary N) is 1. The number of rotatable bonds is 7. The van der Waals surface area contributed by atoms with E-state index in [0.717, 1.165) is 11.3 Å². The normalized spacial score (nSPS) is 10.8. The summed E-state index contributed by atoms with van der Waals surface area (Å²) in [5, 5.41) is 11.0. The molecule has 0 aliphatic carbocycles. The van der Waals surface area contributed by atoms with Crippen LogP contribution in [-0.4, -0.2) is 39.7 Å². The highest BCUT2D eigenvalue weighted by Crippen LogP contribution is 2.32. The van der Waals surface area contributed by atoms with E-state index < -0.39 is 0 Å². The van der Waals surface area contributed by atoms with E-state index in [1.807, 2.05) is 12.3 Å². The molecule has 0 unspecified atom stereocenters. The minimum atomic E-state index is -0.0138. The third kappa shape index (κ3) is 4.60. The Kier molecular flexibility index (Phi) is 6.35. The number of ether oxygens (including phenoxy) is 1. The first-order valence-corrected chi connectivity index (χ1v) is 10.4. The molecule has 2 aromatic heterocycles. The second-order valence-electron chi connectivity index (χ2n) is 5.48. The molecule has 1 N–H and O–H groups in total. The quantitative estimate of drug-likeness (QED) is 0.571. The van der Waals surface area contributed by atoms with Crippen molar-refractivity contribution in [3.63, 3.8) is 0 Å². The number of thiazole rings is 1. The Balaban J connectivity index is 1.70. The van der Waals surface area contributed by atoms with Crippen LogP contribution in [0.2, 0.25) is 5.02 Å². The summed E-state index contributed by atoms with van der Waals surface area (Å²) in [6.45, 7) is 4.07. The van der Waals surface area contributed by atoms with E-state index in [-0.39, 0.29) is 5.91 Å². The molecule has 0 atom stereocenters. The summed E-state index contributed by atoms with van der Waals surface area (Å²) in [5.74, 6) is 1.85. The topological polar surface area (TPSA) is 84.0 Å². The molecule has 1 amide bonds. The van der Waals surface area contributed by atoms with E-state index in [1.165, 1.54) is 23.1 Å². The molecule has 0 spiro atoms. The molecule has 3 aromatic rings. The fraction of sp³-hybridized carbons (Fsp3) is 0.294. The Hall–Kier alpha value is -2.10. The Morgan fingerprint density at radius 1 is 1.41 bits per heavy atom. The molecule has 3 rings (SSSR count). The van der Waals surface area contributed by atoms with Crippen molar-refractivity contribution >= 4 is 45.7 Å². The van der Waals surface area contributed by atoms with Gasteiger partial charge in [-0.1, -0.05) is 23.4 Å². The summed E-state index contributed by atoms with van der Waals surface area (Å²) in [4.78, 5) is 22.3. The van der Waals surface area contributed by atoms with Crippen molar-refractivity contribution in [1.82, 2.24) is 20.2 Å². The molecular weight excluding hydrogens is 406 g/mol. The summed E-state index contributed by atoms with van der Waals surface area (Å²) in [7, 11) is 1.60. The largest absolute Gasteiger partial charge is 0.496 e. The molecule has 10 heteroatoms. The molecule has 2 heterocycles. The maximum absolute atomic E-state index is 11.6. The predicted molar refractivity (Wildman–Crippen MR) is 109 cm³/mol. The van der Waals surface area contributed by atoms with Crippen molar-refractivity contribution in [3.05, 3.63) is 34.3 Å². The van der Waals surface area contributed by atoms with Gasteiger partial charge in [0, 0.05) is 29.6 Å². The second-order valence-corrected chi connectivity index (χ2v) is 7.70. The van der Waals surface area contributed by atoms with E-state index >= 15 is 0 Å². The van der Waals surface area contributed by atoms with Gasteiger partial charge in [-0.3, -0.25) is 14.8 Å². The van der Waals surface area contributed by atoms with Crippen molar-refractivity contribution in [2.75, 3.05) is 18.6 Å². The summed E-state index contributed by atoms with van der Waals surface area (Å²) in [6.07, 6.45) is 0. The van der Waals surface area contributed by atoms with Crippen LogP contribution in [0, 0.1) is 0 Å². The lowest BCUT2D eigenvalue weighted by atomic mass is 10.2. The van der Waals surface area contributed by atoms with Gasteiger partial charge in [0.1, 0.15) is 5.75 Å². The van der Waals surface area contributed by atoms with Gasteiger partial charge in [-0.15, -0.1) is 16.4 Å². The lowest BCUT2D eigenvalue weighted by Gasteiger charge is -2.14. The van der Waals surface area contributed by atoms with Crippen LogP contribution in [0.4, 0.5) is 5.13 Å². The zero-order valence-electron chi connectivity index (χ0n) is 15.0. The first-order valence-electron chi connectivity index (χ1n) is 8.13. The first kappa shape index (κ1) is 19.7. The van der Waals surface area contributed by atoms with Crippen molar-refractivity contribution in [3.8, 4) is 17.1 Å². The number of hydrogen-bond donors (Lipinski definition) is 1. The standard InChI is InChI=1S/C17H18ClN5O2S2/c1-4-23(10(2)24)17-19-12(9-27-17)8-26-16-20-15(21-22-16)13-7-11(18)5-6-14(13)25-3/h5-7,9H,4,8H2,1-3H3,(H,20,21,22). The molecule has 0 aliphatic rings. The molecule has 0 saturated carbocycles. The maximum Gasteiger partial charge on any atom is 0.225 e. The monoisotopic (exact) mass is 423 g/mol. The highest BCUT2D eigenvalue weighted by Gasteiger charge is 2.15.